The van der Waals surface area contributed by atoms with Crippen molar-refractivity contribution in [3.05, 3.63) is 59.7 Å². The molecule has 2 aromatic rings. The zero-order valence-corrected chi connectivity index (χ0v) is 25.5. The van der Waals surface area contributed by atoms with Crippen molar-refractivity contribution in [2.45, 2.75) is 86.2 Å². The molecule has 0 aromatic heterocycles. The minimum Gasteiger partial charge on any atom is -0.309 e. The van der Waals surface area contributed by atoms with E-state index in [4.69, 9.17) is 0 Å². The van der Waals surface area contributed by atoms with Crippen molar-refractivity contribution in [2.24, 2.45) is 5.92 Å². The molecule has 0 bridgehead atoms. The third-order valence-electron chi connectivity index (χ3n) is 8.70. The van der Waals surface area contributed by atoms with Gasteiger partial charge in [-0.2, -0.15) is 13.2 Å². The van der Waals surface area contributed by atoms with Crippen molar-refractivity contribution in [1.82, 2.24) is 15.1 Å². The Bertz CT molecular complexity index is 1220. The van der Waals surface area contributed by atoms with Crippen molar-refractivity contribution in [3.8, 4) is 0 Å². The van der Waals surface area contributed by atoms with Crippen LogP contribution in [0.1, 0.15) is 50.7 Å². The lowest BCUT2D eigenvalue weighted by molar-refractivity contribution is -0.137. The van der Waals surface area contributed by atoms with Gasteiger partial charge in [-0.1, -0.05) is 18.2 Å². The minimum absolute atomic E-state index is 0.00685. The van der Waals surface area contributed by atoms with E-state index in [1.54, 1.807) is 30.0 Å². The standard InChI is InChI=1S/C30H42F3N3O2S2/c1-21(2)35(3)26-8-13-29(23(17-26)20-40(37,38)28-11-9-27(39-4)10-12-28)36-15-14-25(19-36)34-18-22-6-5-7-24(16-22)30(31,32)33/h5-7,9-12,16,21,23,25-26,29,34H,8,13-15,17-20H2,1-4H3/t23-,25-,26+,29-/m0/s1. The molecular weight excluding hydrogens is 555 g/mol. The van der Waals surface area contributed by atoms with E-state index in [0.29, 0.717) is 29.1 Å². The number of alkyl halides is 3. The number of halogens is 3. The fourth-order valence-electron chi connectivity index (χ4n) is 6.21. The van der Waals surface area contributed by atoms with E-state index in [2.05, 4.69) is 36.0 Å². The second-order valence-corrected chi connectivity index (χ2v) is 14.5. The molecule has 1 saturated carbocycles. The molecule has 1 N–H and O–H groups in total. The van der Waals surface area contributed by atoms with Crippen LogP contribution >= 0.6 is 11.8 Å². The summed E-state index contributed by atoms with van der Waals surface area (Å²) in [5.41, 5.74) is -0.0166. The highest BCUT2D eigenvalue weighted by atomic mass is 32.2. The molecule has 1 saturated heterocycles. The van der Waals surface area contributed by atoms with Gasteiger partial charge in [0.25, 0.3) is 0 Å². The van der Waals surface area contributed by atoms with Crippen LogP contribution in [0.5, 0.6) is 0 Å². The largest absolute Gasteiger partial charge is 0.416 e. The summed E-state index contributed by atoms with van der Waals surface area (Å²) in [6.07, 6.45) is 1.31. The summed E-state index contributed by atoms with van der Waals surface area (Å²) in [5.74, 6) is 0.129. The Hall–Kier alpha value is -1.59. The van der Waals surface area contributed by atoms with Crippen molar-refractivity contribution in [3.63, 3.8) is 0 Å². The number of rotatable bonds is 10. The van der Waals surface area contributed by atoms with Crippen LogP contribution < -0.4 is 5.32 Å². The second kappa shape index (κ2) is 13.2. The van der Waals surface area contributed by atoms with Gasteiger partial charge in [-0.3, -0.25) is 4.90 Å². The molecule has 0 radical (unpaired) electrons. The molecule has 4 atom stereocenters. The minimum atomic E-state index is -4.35. The van der Waals surface area contributed by atoms with Crippen LogP contribution in [-0.2, 0) is 22.6 Å². The van der Waals surface area contributed by atoms with Gasteiger partial charge in [0, 0.05) is 48.7 Å². The van der Waals surface area contributed by atoms with Crippen molar-refractivity contribution in [2.75, 3.05) is 32.1 Å². The maximum Gasteiger partial charge on any atom is 0.416 e. The fourth-order valence-corrected chi connectivity index (χ4v) is 8.28. The normalized spacial score (nSPS) is 24.7. The van der Waals surface area contributed by atoms with Crippen LogP contribution in [0.25, 0.3) is 0 Å². The van der Waals surface area contributed by atoms with Crippen LogP contribution in [0.3, 0.4) is 0 Å². The molecule has 1 aliphatic heterocycles. The van der Waals surface area contributed by atoms with E-state index in [0.717, 1.165) is 49.7 Å². The van der Waals surface area contributed by atoms with Gasteiger partial charge in [-0.25, -0.2) is 8.42 Å². The Morgan fingerprint density at radius 2 is 1.82 bits per heavy atom. The highest BCUT2D eigenvalue weighted by Gasteiger charge is 2.40. The molecule has 4 rings (SSSR count). The summed E-state index contributed by atoms with van der Waals surface area (Å²) in [6.45, 7) is 6.35. The highest BCUT2D eigenvalue weighted by Crippen LogP contribution is 2.36. The van der Waals surface area contributed by atoms with Gasteiger partial charge in [-0.05, 0) is 94.6 Å². The average Bonchev–Trinajstić information content (AvgIpc) is 3.39. The van der Waals surface area contributed by atoms with Crippen molar-refractivity contribution < 1.29 is 21.6 Å². The van der Waals surface area contributed by atoms with Gasteiger partial charge in [0.1, 0.15) is 0 Å². The smallest absolute Gasteiger partial charge is 0.309 e. The lowest BCUT2D eigenvalue weighted by atomic mass is 9.81. The van der Waals surface area contributed by atoms with Crippen LogP contribution in [0.15, 0.2) is 58.3 Å². The van der Waals surface area contributed by atoms with Gasteiger partial charge >= 0.3 is 6.18 Å². The molecule has 2 aromatic carbocycles. The summed E-state index contributed by atoms with van der Waals surface area (Å²) in [6, 6.07) is 13.7. The van der Waals surface area contributed by atoms with Gasteiger partial charge in [0.05, 0.1) is 16.2 Å². The van der Waals surface area contributed by atoms with Crippen LogP contribution in [0.2, 0.25) is 0 Å². The van der Waals surface area contributed by atoms with Gasteiger partial charge in [0.15, 0.2) is 9.84 Å². The monoisotopic (exact) mass is 597 g/mol. The first kappa shape index (κ1) is 31.3. The molecule has 2 aliphatic rings. The fraction of sp³-hybridized carbons (Fsp3) is 0.600. The maximum atomic E-state index is 13.6. The number of thioether (sulfide) groups is 1. The van der Waals surface area contributed by atoms with Crippen molar-refractivity contribution >= 4 is 21.6 Å². The van der Waals surface area contributed by atoms with Crippen LogP contribution in [-0.4, -0.2) is 74.5 Å². The predicted octanol–water partition coefficient (Wildman–Crippen LogP) is 5.94. The number of nitrogens with zero attached hydrogens (tertiary/aromatic N) is 2. The van der Waals surface area contributed by atoms with E-state index < -0.39 is 21.6 Å². The van der Waals surface area contributed by atoms with Gasteiger partial charge in [0.2, 0.25) is 0 Å². The number of likely N-dealkylation sites (tertiary alicyclic amines) is 1. The summed E-state index contributed by atoms with van der Waals surface area (Å²) < 4.78 is 66.5. The Morgan fingerprint density at radius 1 is 1.10 bits per heavy atom. The lowest BCUT2D eigenvalue weighted by Crippen LogP contribution is -2.51. The quantitative estimate of drug-likeness (QED) is 0.342. The van der Waals surface area contributed by atoms with E-state index in [9.17, 15) is 21.6 Å². The summed E-state index contributed by atoms with van der Waals surface area (Å²) >= 11 is 1.59. The molecule has 0 unspecified atom stereocenters. The Kier molecular flexibility index (Phi) is 10.3. The zero-order chi connectivity index (χ0) is 29.1. The Labute approximate surface area is 241 Å². The first-order chi connectivity index (χ1) is 18.9. The first-order valence-corrected chi connectivity index (χ1v) is 17.0. The number of hydrogen-bond donors (Lipinski definition) is 1. The molecule has 0 spiro atoms. The molecule has 10 heteroatoms. The number of nitrogens with one attached hydrogen (secondary N) is 1. The molecule has 2 fully saturated rings. The molecule has 0 amide bonds. The maximum absolute atomic E-state index is 13.6. The zero-order valence-electron chi connectivity index (χ0n) is 23.8. The first-order valence-electron chi connectivity index (χ1n) is 14.1. The molecule has 1 aliphatic carbocycles. The van der Waals surface area contributed by atoms with Gasteiger partial charge < -0.3 is 10.2 Å². The molecule has 1 heterocycles. The third-order valence-corrected chi connectivity index (χ3v) is 11.3. The topological polar surface area (TPSA) is 52.7 Å². The number of sulfone groups is 1. The average molecular weight is 598 g/mol. The Balaban J connectivity index is 1.44. The summed E-state index contributed by atoms with van der Waals surface area (Å²) in [7, 11) is -1.32. The predicted molar refractivity (Wildman–Crippen MR) is 156 cm³/mol. The van der Waals surface area contributed by atoms with E-state index >= 15 is 0 Å². The van der Waals surface area contributed by atoms with Crippen LogP contribution in [0.4, 0.5) is 13.2 Å². The third kappa shape index (κ3) is 7.82. The Morgan fingerprint density at radius 3 is 2.48 bits per heavy atom. The molecule has 222 valence electrons. The summed E-state index contributed by atoms with van der Waals surface area (Å²) in [4.78, 5) is 6.21. The van der Waals surface area contributed by atoms with E-state index in [-0.39, 0.29) is 23.8 Å². The molecule has 40 heavy (non-hydrogen) atoms. The lowest BCUT2D eigenvalue weighted by Gasteiger charge is -2.44. The van der Waals surface area contributed by atoms with E-state index in [1.807, 2.05) is 18.4 Å². The van der Waals surface area contributed by atoms with Gasteiger partial charge in [-0.15, -0.1) is 11.8 Å². The molecule has 5 nitrogen and oxygen atoms in total. The summed E-state index contributed by atoms with van der Waals surface area (Å²) in [5, 5.41) is 3.45. The SMILES string of the molecule is CSc1ccc(S(=O)(=O)C[C@@H]2C[C@H](N(C)C(C)C)CC[C@@H]2N2CC[C@H](NCc3cccc(C(F)(F)F)c3)C2)cc1. The van der Waals surface area contributed by atoms with Crippen LogP contribution in [0, 0.1) is 5.92 Å². The second-order valence-electron chi connectivity index (χ2n) is 11.6. The number of hydrogen-bond acceptors (Lipinski definition) is 6. The van der Waals surface area contributed by atoms with E-state index in [1.165, 1.54) is 12.1 Å². The number of benzene rings is 2. The highest BCUT2D eigenvalue weighted by molar-refractivity contribution is 7.98. The molecular formula is C30H42F3N3O2S2. The van der Waals surface area contributed by atoms with Crippen molar-refractivity contribution in [1.29, 1.82) is 0 Å².